The van der Waals surface area contributed by atoms with Crippen molar-refractivity contribution in [2.45, 2.75) is 32.8 Å². The smallest absolute Gasteiger partial charge is 0.410 e. The number of benzene rings is 2. The molecule has 5 nitrogen and oxygen atoms in total. The Morgan fingerprint density at radius 3 is 2.58 bits per heavy atom. The van der Waals surface area contributed by atoms with Crippen molar-refractivity contribution >= 4 is 32.9 Å². The van der Waals surface area contributed by atoms with Crippen LogP contribution in [0.3, 0.4) is 0 Å². The zero-order chi connectivity index (χ0) is 22.8. The molecule has 1 aromatic heterocycles. The molecule has 0 N–H and O–H groups in total. The maximum Gasteiger partial charge on any atom is 0.410 e. The highest BCUT2D eigenvalue weighted by atomic mass is 79.9. The fraction of sp³-hybridized carbons (Fsp3) is 0.375. The topological polar surface area (TPSA) is 43.7 Å². The van der Waals surface area contributed by atoms with Crippen molar-refractivity contribution in [1.29, 1.82) is 0 Å². The summed E-state index contributed by atoms with van der Waals surface area (Å²) in [7, 11) is 3.63. The molecule has 0 bridgehead atoms. The summed E-state index contributed by atoms with van der Waals surface area (Å²) in [6, 6.07) is 10.9. The van der Waals surface area contributed by atoms with E-state index in [1.807, 2.05) is 56.8 Å². The van der Waals surface area contributed by atoms with E-state index in [1.54, 1.807) is 19.2 Å². The first-order valence-corrected chi connectivity index (χ1v) is 11.0. The Balaban J connectivity index is 1.61. The largest absolute Gasteiger partial charge is 0.493 e. The van der Waals surface area contributed by atoms with E-state index >= 15 is 0 Å². The summed E-state index contributed by atoms with van der Waals surface area (Å²) in [5.41, 5.74) is 1.87. The van der Waals surface area contributed by atoms with E-state index in [4.69, 9.17) is 9.47 Å². The third kappa shape index (κ3) is 5.79. The van der Waals surface area contributed by atoms with Crippen LogP contribution >= 0.6 is 15.9 Å². The van der Waals surface area contributed by atoms with Crippen LogP contribution in [0.25, 0.3) is 22.0 Å². The number of hydrogen-bond donors (Lipinski definition) is 0. The van der Waals surface area contributed by atoms with E-state index in [2.05, 4.69) is 15.9 Å². The van der Waals surface area contributed by atoms with Crippen LogP contribution in [0.15, 0.2) is 47.1 Å². The van der Waals surface area contributed by atoms with E-state index in [-0.39, 0.29) is 11.9 Å². The highest BCUT2D eigenvalue weighted by Gasteiger charge is 2.19. The molecular weight excluding hydrogens is 463 g/mol. The van der Waals surface area contributed by atoms with Crippen LogP contribution in [0.4, 0.5) is 9.18 Å². The molecule has 1 heterocycles. The number of fused-ring (bicyclic) bond motifs is 1. The molecule has 0 aliphatic heterocycles. The number of amides is 1. The van der Waals surface area contributed by atoms with Crippen LogP contribution in [0.5, 0.6) is 5.75 Å². The molecule has 3 rings (SSSR count). The number of carbonyl (C=O) groups is 1. The first-order chi connectivity index (χ1) is 14.5. The molecule has 0 radical (unpaired) electrons. The fourth-order valence-electron chi connectivity index (χ4n) is 3.30. The predicted molar refractivity (Wildman–Crippen MR) is 125 cm³/mol. The Morgan fingerprint density at radius 1 is 1.16 bits per heavy atom. The molecule has 0 saturated heterocycles. The van der Waals surface area contributed by atoms with Gasteiger partial charge in [0.15, 0.2) is 0 Å². The third-order valence-corrected chi connectivity index (χ3v) is 5.29. The van der Waals surface area contributed by atoms with Crippen molar-refractivity contribution in [2.24, 2.45) is 7.05 Å². The molecule has 0 aliphatic rings. The molecule has 0 unspecified atom stereocenters. The van der Waals surface area contributed by atoms with Crippen molar-refractivity contribution in [1.82, 2.24) is 9.47 Å². The molecule has 0 spiro atoms. The maximum absolute atomic E-state index is 14.9. The SMILES string of the molecule is CN(CCCOc1ccc(-c2cn(C)c3cc(Br)ccc23)c(F)c1)C(=O)OC(C)(C)C. The maximum atomic E-state index is 14.9. The van der Waals surface area contributed by atoms with Crippen molar-refractivity contribution < 1.29 is 18.7 Å². The van der Waals surface area contributed by atoms with Gasteiger partial charge in [0.25, 0.3) is 0 Å². The van der Waals surface area contributed by atoms with E-state index in [1.165, 1.54) is 11.0 Å². The van der Waals surface area contributed by atoms with Gasteiger partial charge in [-0.15, -0.1) is 0 Å². The monoisotopic (exact) mass is 490 g/mol. The van der Waals surface area contributed by atoms with E-state index in [9.17, 15) is 9.18 Å². The molecule has 0 atom stereocenters. The number of rotatable bonds is 6. The Bertz CT molecular complexity index is 1090. The first-order valence-electron chi connectivity index (χ1n) is 10.2. The quantitative estimate of drug-likeness (QED) is 0.376. The lowest BCUT2D eigenvalue weighted by atomic mass is 10.0. The molecule has 31 heavy (non-hydrogen) atoms. The summed E-state index contributed by atoms with van der Waals surface area (Å²) in [6.07, 6.45) is 2.17. The minimum atomic E-state index is -0.526. The summed E-state index contributed by atoms with van der Waals surface area (Å²) < 4.78 is 28.9. The minimum Gasteiger partial charge on any atom is -0.493 e. The lowest BCUT2D eigenvalue weighted by Gasteiger charge is -2.24. The van der Waals surface area contributed by atoms with Crippen molar-refractivity contribution in [3.05, 3.63) is 52.9 Å². The number of carbonyl (C=O) groups excluding carboxylic acids is 1. The summed E-state index contributed by atoms with van der Waals surface area (Å²) in [6.45, 7) is 6.35. The van der Waals surface area contributed by atoms with E-state index in [0.717, 1.165) is 20.9 Å². The van der Waals surface area contributed by atoms with Gasteiger partial charge in [0.05, 0.1) is 6.61 Å². The highest BCUT2D eigenvalue weighted by Crippen LogP contribution is 2.34. The first kappa shape index (κ1) is 23.1. The van der Waals surface area contributed by atoms with Gasteiger partial charge in [-0.1, -0.05) is 22.0 Å². The highest BCUT2D eigenvalue weighted by molar-refractivity contribution is 9.10. The third-order valence-electron chi connectivity index (χ3n) is 4.80. The van der Waals surface area contributed by atoms with E-state index < -0.39 is 5.60 Å². The molecule has 166 valence electrons. The molecular formula is C24H28BrFN2O3. The van der Waals surface area contributed by atoms with Crippen LogP contribution < -0.4 is 4.74 Å². The zero-order valence-electron chi connectivity index (χ0n) is 18.5. The van der Waals surface area contributed by atoms with Crippen LogP contribution in [0.2, 0.25) is 0 Å². The van der Waals surface area contributed by atoms with Crippen molar-refractivity contribution in [2.75, 3.05) is 20.2 Å². The number of aryl methyl sites for hydroxylation is 1. The number of ether oxygens (including phenoxy) is 2. The molecule has 0 fully saturated rings. The van der Waals surface area contributed by atoms with Gasteiger partial charge >= 0.3 is 6.09 Å². The Kier molecular flexibility index (Phi) is 6.94. The minimum absolute atomic E-state index is 0.334. The van der Waals surface area contributed by atoms with Gasteiger partial charge in [0.2, 0.25) is 0 Å². The Hall–Kier alpha value is -2.54. The van der Waals surface area contributed by atoms with Crippen LogP contribution in [-0.4, -0.2) is 41.4 Å². The second-order valence-corrected chi connectivity index (χ2v) is 9.48. The van der Waals surface area contributed by atoms with Gasteiger partial charge < -0.3 is 18.9 Å². The second kappa shape index (κ2) is 9.30. The lowest BCUT2D eigenvalue weighted by molar-refractivity contribution is 0.0292. The number of hydrogen-bond acceptors (Lipinski definition) is 3. The van der Waals surface area contributed by atoms with Gasteiger partial charge in [0.1, 0.15) is 17.2 Å². The van der Waals surface area contributed by atoms with E-state index in [0.29, 0.717) is 30.9 Å². The standard InChI is InChI=1S/C24H28BrFN2O3/c1-24(2,3)31-23(29)27(4)11-6-12-30-17-8-10-18(21(26)14-17)20-15-28(5)22-13-16(25)7-9-19(20)22/h7-10,13-15H,6,11-12H2,1-5H3. The molecule has 2 aromatic carbocycles. The zero-order valence-corrected chi connectivity index (χ0v) is 20.1. The van der Waals surface area contributed by atoms with Gasteiger partial charge in [0, 0.05) is 59.4 Å². The number of aromatic nitrogens is 1. The lowest BCUT2D eigenvalue weighted by Crippen LogP contribution is -2.35. The van der Waals surface area contributed by atoms with Gasteiger partial charge in [-0.3, -0.25) is 0 Å². The molecule has 0 aliphatic carbocycles. The molecule has 0 saturated carbocycles. The second-order valence-electron chi connectivity index (χ2n) is 8.56. The summed E-state index contributed by atoms with van der Waals surface area (Å²) in [5, 5.41) is 0.989. The molecule has 1 amide bonds. The van der Waals surface area contributed by atoms with Gasteiger partial charge in [-0.2, -0.15) is 0 Å². The Labute approximate surface area is 190 Å². The number of nitrogens with zero attached hydrogens (tertiary/aromatic N) is 2. The fourth-order valence-corrected chi connectivity index (χ4v) is 3.65. The molecule has 3 aromatic rings. The summed E-state index contributed by atoms with van der Waals surface area (Å²) in [4.78, 5) is 13.5. The summed E-state index contributed by atoms with van der Waals surface area (Å²) in [5.74, 6) is 0.128. The normalized spacial score (nSPS) is 11.6. The van der Waals surface area contributed by atoms with Crippen LogP contribution in [0, 0.1) is 5.82 Å². The average Bonchev–Trinajstić information content (AvgIpc) is 2.99. The predicted octanol–water partition coefficient (Wildman–Crippen LogP) is 6.38. The van der Waals surface area contributed by atoms with Crippen molar-refractivity contribution in [3.8, 4) is 16.9 Å². The van der Waals surface area contributed by atoms with Crippen LogP contribution in [0.1, 0.15) is 27.2 Å². The average molecular weight is 491 g/mol. The van der Waals surface area contributed by atoms with Gasteiger partial charge in [-0.25, -0.2) is 9.18 Å². The van der Waals surface area contributed by atoms with Crippen LogP contribution in [-0.2, 0) is 11.8 Å². The molecule has 7 heteroatoms. The number of halogens is 2. The summed E-state index contributed by atoms with van der Waals surface area (Å²) >= 11 is 3.48. The van der Waals surface area contributed by atoms with Gasteiger partial charge in [-0.05, 0) is 51.5 Å². The van der Waals surface area contributed by atoms with Crippen molar-refractivity contribution in [3.63, 3.8) is 0 Å². The Morgan fingerprint density at radius 2 is 1.90 bits per heavy atom.